The molecule has 112 valence electrons. The van der Waals surface area contributed by atoms with Gasteiger partial charge in [0.15, 0.2) is 0 Å². The predicted molar refractivity (Wildman–Crippen MR) is 75.7 cm³/mol. The van der Waals surface area contributed by atoms with E-state index in [0.717, 1.165) is 11.8 Å². The summed E-state index contributed by atoms with van der Waals surface area (Å²) in [6.07, 6.45) is 1.86. The monoisotopic (exact) mass is 309 g/mol. The molecule has 0 fully saturated rings. The van der Waals surface area contributed by atoms with E-state index in [4.69, 9.17) is 4.42 Å². The third-order valence-electron chi connectivity index (χ3n) is 2.58. The number of carbonyl (C=O) groups is 1. The lowest BCUT2D eigenvalue weighted by atomic mass is 10.2. The smallest absolute Gasteiger partial charge is 0.247 e. The largest absolute Gasteiger partial charge is 0.421 e. The Morgan fingerprint density at radius 3 is 2.62 bits per heavy atom. The molecule has 2 rings (SSSR count). The zero-order valence-corrected chi connectivity index (χ0v) is 12.3. The molecule has 0 unspecified atom stereocenters. The molecule has 0 aliphatic carbocycles. The molecule has 0 radical (unpaired) electrons. The fourth-order valence-corrected chi connectivity index (χ4v) is 2.23. The number of nitrogens with zero attached hydrogens (tertiary/aromatic N) is 2. The maximum atomic E-state index is 11.3. The van der Waals surface area contributed by atoms with Crippen molar-refractivity contribution in [2.45, 2.75) is 19.3 Å². The summed E-state index contributed by atoms with van der Waals surface area (Å²) < 4.78 is 29.1. The van der Waals surface area contributed by atoms with Gasteiger partial charge in [-0.3, -0.25) is 9.52 Å². The number of aromatic nitrogens is 2. The van der Waals surface area contributed by atoms with E-state index >= 15 is 0 Å². The van der Waals surface area contributed by atoms with E-state index in [1.165, 1.54) is 0 Å². The van der Waals surface area contributed by atoms with E-state index in [9.17, 15) is 13.2 Å². The molecule has 0 atom stereocenters. The molecule has 0 bridgehead atoms. The summed E-state index contributed by atoms with van der Waals surface area (Å²) >= 11 is 0. The van der Waals surface area contributed by atoms with Crippen molar-refractivity contribution in [2.24, 2.45) is 0 Å². The van der Waals surface area contributed by atoms with E-state index in [1.807, 2.05) is 35.1 Å². The Kier molecular flexibility index (Phi) is 4.69. The molecule has 0 spiro atoms. The first kappa shape index (κ1) is 15.2. The molecular formula is C13H15N3O4S. The number of hydrogen-bond donors (Lipinski definition) is 1. The lowest BCUT2D eigenvalue weighted by Crippen LogP contribution is -2.29. The fraction of sp³-hybridized carbons (Fsp3) is 0.308. The Morgan fingerprint density at radius 1 is 1.24 bits per heavy atom. The minimum atomic E-state index is -3.50. The van der Waals surface area contributed by atoms with Gasteiger partial charge < -0.3 is 4.42 Å². The van der Waals surface area contributed by atoms with Crippen molar-refractivity contribution in [3.05, 3.63) is 36.2 Å². The first-order chi connectivity index (χ1) is 9.94. The summed E-state index contributed by atoms with van der Waals surface area (Å²) in [5.74, 6) is 0.299. The number of hydrogen-bond acceptors (Lipinski definition) is 6. The van der Waals surface area contributed by atoms with Crippen LogP contribution >= 0.6 is 0 Å². The molecule has 8 heteroatoms. The maximum Gasteiger partial charge on any atom is 0.247 e. The topological polar surface area (TPSA) is 102 Å². The van der Waals surface area contributed by atoms with E-state index in [2.05, 4.69) is 10.2 Å². The van der Waals surface area contributed by atoms with Gasteiger partial charge in [0, 0.05) is 18.4 Å². The van der Waals surface area contributed by atoms with Crippen molar-refractivity contribution in [2.75, 3.05) is 6.26 Å². The van der Waals surface area contributed by atoms with Crippen LogP contribution in [-0.2, 0) is 21.2 Å². The molecule has 0 saturated heterocycles. The van der Waals surface area contributed by atoms with Gasteiger partial charge in [-0.25, -0.2) is 8.42 Å². The van der Waals surface area contributed by atoms with E-state index in [0.29, 0.717) is 24.6 Å². The van der Waals surface area contributed by atoms with Gasteiger partial charge in [-0.2, -0.15) is 0 Å². The number of nitrogens with one attached hydrogen (secondary N) is 1. The summed E-state index contributed by atoms with van der Waals surface area (Å²) in [4.78, 5) is 11.3. The van der Waals surface area contributed by atoms with Crippen LogP contribution in [-0.4, -0.2) is 30.8 Å². The van der Waals surface area contributed by atoms with Gasteiger partial charge >= 0.3 is 0 Å². The van der Waals surface area contributed by atoms with Crippen LogP contribution in [0.4, 0.5) is 0 Å². The number of sulfonamides is 1. The normalized spacial score (nSPS) is 11.3. The standard InChI is InChI=1S/C13H15N3O4S/c1-21(18,19)16-11(17)8-5-9-12-14-15-13(20-12)10-6-3-2-4-7-10/h2-4,6-7H,5,8-9H2,1H3,(H,16,17). The molecular weight excluding hydrogens is 294 g/mol. The average Bonchev–Trinajstić information content (AvgIpc) is 2.86. The van der Waals surface area contributed by atoms with Crippen LogP contribution in [0.25, 0.3) is 11.5 Å². The van der Waals surface area contributed by atoms with Crippen LogP contribution < -0.4 is 4.72 Å². The molecule has 0 aliphatic rings. The summed E-state index contributed by atoms with van der Waals surface area (Å²) in [7, 11) is -3.50. The third kappa shape index (κ3) is 4.99. The number of aryl methyl sites for hydroxylation is 1. The number of carbonyl (C=O) groups excluding carboxylic acids is 1. The SMILES string of the molecule is CS(=O)(=O)NC(=O)CCCc1nnc(-c2ccccc2)o1. The lowest BCUT2D eigenvalue weighted by molar-refractivity contribution is -0.119. The Bertz CT molecular complexity index is 710. The van der Waals surface area contributed by atoms with Crippen LogP contribution in [0.3, 0.4) is 0 Å². The zero-order chi connectivity index (χ0) is 15.3. The summed E-state index contributed by atoms with van der Waals surface area (Å²) in [5, 5.41) is 7.83. The molecule has 21 heavy (non-hydrogen) atoms. The van der Waals surface area contributed by atoms with Crippen LogP contribution in [0.15, 0.2) is 34.7 Å². The molecule has 7 nitrogen and oxygen atoms in total. The first-order valence-corrected chi connectivity index (χ1v) is 8.21. The van der Waals surface area contributed by atoms with Crippen LogP contribution in [0.2, 0.25) is 0 Å². The highest BCUT2D eigenvalue weighted by Gasteiger charge is 2.11. The van der Waals surface area contributed by atoms with Crippen molar-refractivity contribution in [3.63, 3.8) is 0 Å². The zero-order valence-electron chi connectivity index (χ0n) is 11.4. The van der Waals surface area contributed by atoms with Gasteiger partial charge in [0.25, 0.3) is 0 Å². The molecule has 1 N–H and O–H groups in total. The minimum Gasteiger partial charge on any atom is -0.421 e. The van der Waals surface area contributed by atoms with Gasteiger partial charge in [0.05, 0.1) is 6.26 Å². The van der Waals surface area contributed by atoms with Gasteiger partial charge in [0.1, 0.15) is 0 Å². The number of rotatable bonds is 6. The van der Waals surface area contributed by atoms with E-state index in [-0.39, 0.29) is 6.42 Å². The summed E-state index contributed by atoms with van der Waals surface area (Å²) in [5.41, 5.74) is 0.825. The summed E-state index contributed by atoms with van der Waals surface area (Å²) in [6, 6.07) is 9.35. The third-order valence-corrected chi connectivity index (χ3v) is 3.18. The molecule has 1 aromatic heterocycles. The van der Waals surface area contributed by atoms with Crippen LogP contribution in [0.1, 0.15) is 18.7 Å². The molecule has 2 aromatic rings. The fourth-order valence-electron chi connectivity index (χ4n) is 1.71. The first-order valence-electron chi connectivity index (χ1n) is 6.32. The Hall–Kier alpha value is -2.22. The molecule has 1 amide bonds. The van der Waals surface area contributed by atoms with Gasteiger partial charge in [0.2, 0.25) is 27.7 Å². The van der Waals surface area contributed by atoms with Gasteiger partial charge in [-0.1, -0.05) is 18.2 Å². The lowest BCUT2D eigenvalue weighted by Gasteiger charge is -2.00. The average molecular weight is 309 g/mol. The summed E-state index contributed by atoms with van der Waals surface area (Å²) in [6.45, 7) is 0. The molecule has 0 aliphatic heterocycles. The molecule has 1 aromatic carbocycles. The van der Waals surface area contributed by atoms with Crippen LogP contribution in [0, 0.1) is 0 Å². The number of amides is 1. The Labute approximate surface area is 122 Å². The quantitative estimate of drug-likeness (QED) is 0.858. The van der Waals surface area contributed by atoms with Crippen molar-refractivity contribution in [1.82, 2.24) is 14.9 Å². The Balaban J connectivity index is 1.85. The highest BCUT2D eigenvalue weighted by molar-refractivity contribution is 7.89. The highest BCUT2D eigenvalue weighted by Crippen LogP contribution is 2.17. The predicted octanol–water partition coefficient (Wildman–Crippen LogP) is 1.14. The van der Waals surface area contributed by atoms with E-state index < -0.39 is 15.9 Å². The van der Waals surface area contributed by atoms with Crippen molar-refractivity contribution in [3.8, 4) is 11.5 Å². The molecule has 1 heterocycles. The van der Waals surface area contributed by atoms with Crippen LogP contribution in [0.5, 0.6) is 0 Å². The maximum absolute atomic E-state index is 11.3. The molecule has 0 saturated carbocycles. The Morgan fingerprint density at radius 2 is 1.95 bits per heavy atom. The van der Waals surface area contributed by atoms with E-state index in [1.54, 1.807) is 0 Å². The number of benzene rings is 1. The highest BCUT2D eigenvalue weighted by atomic mass is 32.2. The van der Waals surface area contributed by atoms with Crippen molar-refractivity contribution < 1.29 is 17.6 Å². The van der Waals surface area contributed by atoms with Gasteiger partial charge in [-0.15, -0.1) is 10.2 Å². The van der Waals surface area contributed by atoms with Crippen molar-refractivity contribution in [1.29, 1.82) is 0 Å². The second-order valence-electron chi connectivity index (χ2n) is 4.52. The van der Waals surface area contributed by atoms with Gasteiger partial charge in [-0.05, 0) is 18.6 Å². The second-order valence-corrected chi connectivity index (χ2v) is 6.27. The van der Waals surface area contributed by atoms with Crippen molar-refractivity contribution >= 4 is 15.9 Å². The second kappa shape index (κ2) is 6.49. The minimum absolute atomic E-state index is 0.0795.